The Morgan fingerprint density at radius 3 is 3.06 bits per heavy atom. The molecule has 0 amide bonds. The van der Waals surface area contributed by atoms with E-state index in [1.54, 1.807) is 0 Å². The third-order valence-corrected chi connectivity index (χ3v) is 4.17. The highest BCUT2D eigenvalue weighted by atomic mass is 127. The van der Waals surface area contributed by atoms with Crippen LogP contribution in [0, 0.1) is 3.57 Å². The van der Waals surface area contributed by atoms with Gasteiger partial charge in [-0.25, -0.2) is 0 Å². The number of hydrogen-bond donors (Lipinski definition) is 0. The van der Waals surface area contributed by atoms with E-state index >= 15 is 0 Å². The van der Waals surface area contributed by atoms with Gasteiger partial charge >= 0.3 is 0 Å². The van der Waals surface area contributed by atoms with Gasteiger partial charge < -0.3 is 4.74 Å². The van der Waals surface area contributed by atoms with Crippen molar-refractivity contribution >= 4 is 22.6 Å². The lowest BCUT2D eigenvalue weighted by molar-refractivity contribution is 0.0940. The first kappa shape index (κ1) is 12.2. The highest BCUT2D eigenvalue weighted by molar-refractivity contribution is 14.1. The molecule has 1 aromatic carbocycles. The zero-order chi connectivity index (χ0) is 12.4. The van der Waals surface area contributed by atoms with Crippen molar-refractivity contribution in [2.75, 3.05) is 6.61 Å². The maximum atomic E-state index is 5.63. The summed E-state index contributed by atoms with van der Waals surface area (Å²) in [6.07, 6.45) is 6.71. The molecule has 1 aliphatic heterocycles. The fraction of sp³-hybridized carbons (Fsp3) is 0.357. The number of hydrogen-bond acceptors (Lipinski definition) is 2. The minimum atomic E-state index is 0.340. The van der Waals surface area contributed by atoms with Crippen molar-refractivity contribution in [3.8, 4) is 11.1 Å². The van der Waals surface area contributed by atoms with Crippen LogP contribution >= 0.6 is 22.6 Å². The Hall–Kier alpha value is -0.880. The van der Waals surface area contributed by atoms with Crippen LogP contribution in [0.15, 0.2) is 36.7 Å². The largest absolute Gasteiger partial charge is 0.376 e. The molecule has 1 saturated heterocycles. The van der Waals surface area contributed by atoms with Crippen LogP contribution in [0.4, 0.5) is 0 Å². The topological polar surface area (TPSA) is 27.1 Å². The molecule has 2 aromatic rings. The molecule has 1 aliphatic rings. The van der Waals surface area contributed by atoms with Crippen molar-refractivity contribution < 1.29 is 4.74 Å². The molecule has 2 heterocycles. The molecule has 1 unspecified atom stereocenters. The monoisotopic (exact) mass is 354 g/mol. The predicted molar refractivity (Wildman–Crippen MR) is 79.4 cm³/mol. The lowest BCUT2D eigenvalue weighted by Crippen LogP contribution is -2.14. The lowest BCUT2D eigenvalue weighted by atomic mass is 10.1. The molecule has 1 fully saturated rings. The van der Waals surface area contributed by atoms with Crippen LogP contribution in [0.3, 0.4) is 0 Å². The first-order chi connectivity index (χ1) is 8.83. The fourth-order valence-corrected chi connectivity index (χ4v) is 2.99. The zero-order valence-corrected chi connectivity index (χ0v) is 12.2. The van der Waals surface area contributed by atoms with Crippen LogP contribution in [0.2, 0.25) is 0 Å². The molecular formula is C14H15IN2O. The summed E-state index contributed by atoms with van der Waals surface area (Å²) in [5.41, 5.74) is 2.43. The van der Waals surface area contributed by atoms with E-state index in [0.29, 0.717) is 6.10 Å². The molecule has 0 radical (unpaired) electrons. The Morgan fingerprint density at radius 1 is 1.39 bits per heavy atom. The molecule has 1 aromatic heterocycles. The van der Waals surface area contributed by atoms with E-state index in [4.69, 9.17) is 4.74 Å². The highest BCUT2D eigenvalue weighted by Crippen LogP contribution is 2.24. The van der Waals surface area contributed by atoms with E-state index in [9.17, 15) is 0 Å². The second kappa shape index (κ2) is 5.40. The average Bonchev–Trinajstić information content (AvgIpc) is 3.02. The van der Waals surface area contributed by atoms with Crippen LogP contribution in [-0.2, 0) is 11.3 Å². The first-order valence-electron chi connectivity index (χ1n) is 6.22. The van der Waals surface area contributed by atoms with Crippen LogP contribution < -0.4 is 0 Å². The minimum absolute atomic E-state index is 0.340. The first-order valence-corrected chi connectivity index (χ1v) is 7.30. The fourth-order valence-electron chi connectivity index (χ4n) is 2.29. The molecule has 0 N–H and O–H groups in total. The number of ether oxygens (including phenoxy) is 1. The Morgan fingerprint density at radius 2 is 2.28 bits per heavy atom. The van der Waals surface area contributed by atoms with Gasteiger partial charge in [0.25, 0.3) is 0 Å². The van der Waals surface area contributed by atoms with E-state index in [1.807, 2.05) is 10.9 Å². The summed E-state index contributed by atoms with van der Waals surface area (Å²) < 4.78 is 8.88. The van der Waals surface area contributed by atoms with Gasteiger partial charge in [-0.1, -0.05) is 18.2 Å². The van der Waals surface area contributed by atoms with Crippen LogP contribution in [0.25, 0.3) is 11.1 Å². The average molecular weight is 354 g/mol. The summed E-state index contributed by atoms with van der Waals surface area (Å²) in [4.78, 5) is 0. The van der Waals surface area contributed by atoms with E-state index in [1.165, 1.54) is 21.1 Å². The maximum Gasteiger partial charge on any atom is 0.0771 e. The number of rotatable bonds is 3. The molecule has 0 bridgehead atoms. The number of aromatic nitrogens is 2. The van der Waals surface area contributed by atoms with Crippen molar-refractivity contribution in [1.29, 1.82) is 0 Å². The Bertz CT molecular complexity index is 532. The number of halogens is 1. The van der Waals surface area contributed by atoms with Crippen molar-refractivity contribution in [1.82, 2.24) is 9.78 Å². The molecule has 18 heavy (non-hydrogen) atoms. The second-order valence-corrected chi connectivity index (χ2v) is 5.73. The maximum absolute atomic E-state index is 5.63. The van der Waals surface area contributed by atoms with Crippen molar-refractivity contribution in [2.24, 2.45) is 0 Å². The standard InChI is InChI=1S/C14H15IN2O/c15-14-6-2-1-5-13(14)11-8-16-17(9-11)10-12-4-3-7-18-12/h1-2,5-6,8-9,12H,3-4,7,10H2. The van der Waals surface area contributed by atoms with Crippen LogP contribution in [0.1, 0.15) is 12.8 Å². The van der Waals surface area contributed by atoms with Gasteiger partial charge in [0, 0.05) is 21.9 Å². The van der Waals surface area contributed by atoms with E-state index in [0.717, 1.165) is 19.6 Å². The van der Waals surface area contributed by atoms with Crippen molar-refractivity contribution in [3.05, 3.63) is 40.2 Å². The van der Waals surface area contributed by atoms with Gasteiger partial charge in [-0.05, 0) is 47.1 Å². The quantitative estimate of drug-likeness (QED) is 0.791. The SMILES string of the molecule is Ic1ccccc1-c1cnn(CC2CCCO2)c1. The number of benzene rings is 1. The molecule has 3 nitrogen and oxygen atoms in total. The third-order valence-electron chi connectivity index (χ3n) is 3.23. The zero-order valence-electron chi connectivity index (χ0n) is 10.1. The minimum Gasteiger partial charge on any atom is -0.376 e. The van der Waals surface area contributed by atoms with Gasteiger partial charge in [-0.15, -0.1) is 0 Å². The summed E-state index contributed by atoms with van der Waals surface area (Å²) in [6.45, 7) is 1.76. The Balaban J connectivity index is 1.79. The molecule has 4 heteroatoms. The normalized spacial score (nSPS) is 19.3. The van der Waals surface area contributed by atoms with Crippen LogP contribution in [0.5, 0.6) is 0 Å². The molecule has 1 atom stereocenters. The molecule has 94 valence electrons. The molecular weight excluding hydrogens is 339 g/mol. The number of nitrogens with zero attached hydrogens (tertiary/aromatic N) is 2. The van der Waals surface area contributed by atoms with E-state index in [2.05, 4.69) is 58.2 Å². The van der Waals surface area contributed by atoms with Gasteiger partial charge in [0.2, 0.25) is 0 Å². The summed E-state index contributed by atoms with van der Waals surface area (Å²) in [5.74, 6) is 0. The Labute approximate surface area is 120 Å². The van der Waals surface area contributed by atoms with Gasteiger partial charge in [0.1, 0.15) is 0 Å². The van der Waals surface area contributed by atoms with E-state index < -0.39 is 0 Å². The van der Waals surface area contributed by atoms with Crippen molar-refractivity contribution in [2.45, 2.75) is 25.5 Å². The smallest absolute Gasteiger partial charge is 0.0771 e. The second-order valence-electron chi connectivity index (χ2n) is 4.57. The predicted octanol–water partition coefficient (Wildman–Crippen LogP) is 3.33. The summed E-state index contributed by atoms with van der Waals surface area (Å²) in [5, 5.41) is 4.43. The summed E-state index contributed by atoms with van der Waals surface area (Å²) in [7, 11) is 0. The van der Waals surface area contributed by atoms with E-state index in [-0.39, 0.29) is 0 Å². The summed E-state index contributed by atoms with van der Waals surface area (Å²) in [6, 6.07) is 8.37. The van der Waals surface area contributed by atoms with Crippen molar-refractivity contribution in [3.63, 3.8) is 0 Å². The van der Waals surface area contributed by atoms with Gasteiger partial charge in [0.15, 0.2) is 0 Å². The van der Waals surface area contributed by atoms with Gasteiger partial charge in [-0.2, -0.15) is 5.10 Å². The molecule has 0 aliphatic carbocycles. The summed E-state index contributed by atoms with van der Waals surface area (Å²) >= 11 is 2.36. The molecule has 0 saturated carbocycles. The Kier molecular flexibility index (Phi) is 3.65. The highest BCUT2D eigenvalue weighted by Gasteiger charge is 2.16. The lowest BCUT2D eigenvalue weighted by Gasteiger charge is -2.08. The third kappa shape index (κ3) is 2.59. The van der Waals surface area contributed by atoms with Gasteiger partial charge in [0.05, 0.1) is 18.8 Å². The van der Waals surface area contributed by atoms with Gasteiger partial charge in [-0.3, -0.25) is 4.68 Å². The van der Waals surface area contributed by atoms with Crippen LogP contribution in [-0.4, -0.2) is 22.5 Å². The molecule has 0 spiro atoms. The molecule has 3 rings (SSSR count).